The molecule has 1 N–H and O–H groups in total. The molecule has 1 aliphatic rings. The molecule has 0 bridgehead atoms. The van der Waals surface area contributed by atoms with Crippen LogP contribution in [0.3, 0.4) is 0 Å². The maximum atomic E-state index is 7.27. The molecular weight excluding hydrogens is 577 g/mol. The van der Waals surface area contributed by atoms with E-state index in [2.05, 4.69) is 115 Å². The number of halogens is 2. The van der Waals surface area contributed by atoms with Crippen molar-refractivity contribution in [2.45, 2.75) is 38.1 Å². The largest absolute Gasteiger partial charge is 4.00 e. The van der Waals surface area contributed by atoms with E-state index in [-0.39, 0.29) is 57.1 Å². The molecule has 36 heavy (non-hydrogen) atoms. The molecule has 0 amide bonds. The van der Waals surface area contributed by atoms with Crippen LogP contribution < -0.4 is 35.2 Å². The predicted molar refractivity (Wildman–Crippen MR) is 146 cm³/mol. The van der Waals surface area contributed by atoms with Gasteiger partial charge in [-0.1, -0.05) is 140 Å². The zero-order valence-corrected chi connectivity index (χ0v) is 25.3. The summed E-state index contributed by atoms with van der Waals surface area (Å²) in [6.07, 6.45) is 6.28. The Kier molecular flexibility index (Phi) is 16.0. The molecule has 0 heterocycles. The second-order valence-corrected chi connectivity index (χ2v) is 9.92. The van der Waals surface area contributed by atoms with Gasteiger partial charge in [0.25, 0.3) is 0 Å². The second-order valence-electron chi connectivity index (χ2n) is 8.51. The van der Waals surface area contributed by atoms with Gasteiger partial charge >= 0.3 is 26.2 Å². The van der Waals surface area contributed by atoms with Crippen molar-refractivity contribution in [2.75, 3.05) is 0 Å². The van der Waals surface area contributed by atoms with Gasteiger partial charge in [0, 0.05) is 0 Å². The third-order valence-corrected chi connectivity index (χ3v) is 7.21. The first-order valence-electron chi connectivity index (χ1n) is 11.9. The molecule has 0 aromatic heterocycles. The van der Waals surface area contributed by atoms with E-state index in [1.54, 1.807) is 0 Å². The molecule has 1 fully saturated rings. The normalized spacial score (nSPS) is 12.5. The van der Waals surface area contributed by atoms with Crippen LogP contribution in [0.4, 0.5) is 0 Å². The summed E-state index contributed by atoms with van der Waals surface area (Å²) in [7, 11) is 0.777. The summed E-state index contributed by atoms with van der Waals surface area (Å²) in [5, 5.41) is 8.19. The molecule has 6 rings (SSSR count). The van der Waals surface area contributed by atoms with Crippen LogP contribution in [-0.2, 0) is 26.2 Å². The van der Waals surface area contributed by atoms with E-state index in [1.807, 2.05) is 0 Å². The van der Waals surface area contributed by atoms with Gasteiger partial charge < -0.3 is 30.5 Å². The summed E-state index contributed by atoms with van der Waals surface area (Å²) >= 11 is 0. The van der Waals surface area contributed by atoms with Gasteiger partial charge in [-0.15, -0.1) is 45.8 Å². The molecule has 0 unspecified atom stereocenters. The van der Waals surface area contributed by atoms with Crippen molar-refractivity contribution < 1.29 is 51.0 Å². The Hall–Kier alpha value is -1.61. The van der Waals surface area contributed by atoms with Crippen LogP contribution in [0.1, 0.15) is 32.1 Å². The number of nitrogens with one attached hydrogen (secondary N) is 1. The third kappa shape index (κ3) is 10.0. The average Bonchev–Trinajstić information content (AvgIpc) is 3.25. The van der Waals surface area contributed by atoms with E-state index in [0.29, 0.717) is 0 Å². The smallest absolute Gasteiger partial charge is 1.00 e. The summed E-state index contributed by atoms with van der Waals surface area (Å²) in [5.74, 6) is 0. The van der Waals surface area contributed by atoms with Crippen molar-refractivity contribution in [3.05, 3.63) is 121 Å². The Morgan fingerprint density at radius 2 is 0.944 bits per heavy atom. The fourth-order valence-corrected chi connectivity index (χ4v) is 5.27. The first-order valence-corrected chi connectivity index (χ1v) is 12.9. The maximum Gasteiger partial charge on any atom is 4.00 e. The summed E-state index contributed by atoms with van der Waals surface area (Å²) in [4.78, 5) is 0. The van der Waals surface area contributed by atoms with Crippen LogP contribution in [0.25, 0.3) is 27.3 Å². The van der Waals surface area contributed by atoms with E-state index >= 15 is 0 Å². The zero-order valence-electron chi connectivity index (χ0n) is 20.3. The summed E-state index contributed by atoms with van der Waals surface area (Å²) in [6, 6.07) is 40.7. The topological polar surface area (TPSA) is 23.8 Å². The monoisotopic (exact) mass is 605 g/mol. The maximum absolute atomic E-state index is 7.27. The number of hydrogen-bond donors (Lipinski definition) is 0. The standard InChI is InChI=1S/C13H9.C12H10Si.C6H12N.2ClH.Zr/c1-3-7-12-10(5-1)9-11-6-2-4-8-13(11)12;1-3-7-11(8-4-1)13-12-9-5-2-6-10-12;7-6-4-2-1-3-5-6;;;/h1-9H;1-10H;6-7H,1-5H2;2*1H;/q-1;;-1;;;+4/p-2. The van der Waals surface area contributed by atoms with Gasteiger partial charge in [-0.3, -0.25) is 0 Å². The van der Waals surface area contributed by atoms with Crippen molar-refractivity contribution in [3.63, 3.8) is 0 Å². The molecule has 0 atom stereocenters. The Morgan fingerprint density at radius 3 is 1.33 bits per heavy atom. The van der Waals surface area contributed by atoms with Crippen LogP contribution in [0, 0.1) is 0 Å². The predicted octanol–water partition coefficient (Wildman–Crippen LogP) is 1.43. The van der Waals surface area contributed by atoms with E-state index in [1.165, 1.54) is 51.2 Å². The van der Waals surface area contributed by atoms with Crippen molar-refractivity contribution in [1.82, 2.24) is 0 Å². The van der Waals surface area contributed by atoms with Crippen LogP contribution in [0.5, 0.6) is 0 Å². The average molecular weight is 608 g/mol. The number of rotatable bonds is 2. The molecule has 5 heteroatoms. The first-order chi connectivity index (χ1) is 16.3. The van der Waals surface area contributed by atoms with Gasteiger partial charge in [0.15, 0.2) is 0 Å². The van der Waals surface area contributed by atoms with Gasteiger partial charge in [0.2, 0.25) is 0 Å². The minimum atomic E-state index is 0. The molecule has 2 radical (unpaired) electrons. The molecule has 0 spiro atoms. The van der Waals surface area contributed by atoms with E-state index < -0.39 is 0 Å². The van der Waals surface area contributed by atoms with Gasteiger partial charge in [-0.05, 0) is 0 Å². The van der Waals surface area contributed by atoms with Crippen molar-refractivity contribution in [1.29, 1.82) is 0 Å². The van der Waals surface area contributed by atoms with Crippen LogP contribution in [0.15, 0.2) is 115 Å². The minimum absolute atomic E-state index is 0. The molecule has 0 aliphatic heterocycles. The van der Waals surface area contributed by atoms with Crippen LogP contribution in [-0.4, -0.2) is 15.6 Å². The number of fused-ring (bicyclic) bond motifs is 3. The molecule has 0 saturated heterocycles. The van der Waals surface area contributed by atoms with Crippen molar-refractivity contribution >= 4 is 41.4 Å². The van der Waals surface area contributed by atoms with E-state index in [4.69, 9.17) is 5.73 Å². The second kappa shape index (κ2) is 17.8. The Bertz CT molecular complexity index is 1150. The van der Waals surface area contributed by atoms with E-state index in [0.717, 1.165) is 22.4 Å². The van der Waals surface area contributed by atoms with Crippen LogP contribution in [0.2, 0.25) is 0 Å². The molecule has 5 aromatic carbocycles. The Morgan fingerprint density at radius 1 is 0.556 bits per heavy atom. The Balaban J connectivity index is 0.000000270. The molecule has 5 aromatic rings. The van der Waals surface area contributed by atoms with Gasteiger partial charge in [-0.25, -0.2) is 0 Å². The zero-order chi connectivity index (χ0) is 22.7. The number of benzene rings is 4. The van der Waals surface area contributed by atoms with Gasteiger partial charge in [0.1, 0.15) is 9.52 Å². The summed E-state index contributed by atoms with van der Waals surface area (Å²) in [6.45, 7) is 0. The van der Waals surface area contributed by atoms with Crippen LogP contribution >= 0.6 is 0 Å². The molecule has 1 nitrogen and oxygen atoms in total. The molecule has 182 valence electrons. The summed E-state index contributed by atoms with van der Waals surface area (Å²) in [5.41, 5.74) is 7.27. The van der Waals surface area contributed by atoms with E-state index in [9.17, 15) is 0 Å². The fourth-order valence-electron chi connectivity index (χ4n) is 4.22. The van der Waals surface area contributed by atoms with Crippen molar-refractivity contribution in [3.8, 4) is 0 Å². The fraction of sp³-hybridized carbons (Fsp3) is 0.194. The van der Waals surface area contributed by atoms with Gasteiger partial charge in [0.05, 0.1) is 0 Å². The molecule has 1 saturated carbocycles. The SMILES string of the molecule is [Cl-].[Cl-].[NH-]C1CCCCC1.[Zr+4].c1ccc([Si]c2ccccc2)cc1.c1ccc2c(c1)[cH-]c1ccccc12. The summed E-state index contributed by atoms with van der Waals surface area (Å²) < 4.78 is 0. The third-order valence-electron chi connectivity index (χ3n) is 5.96. The molecular formula is C31H31Cl2NSiZr. The minimum Gasteiger partial charge on any atom is -1.00 e. The van der Waals surface area contributed by atoms with Gasteiger partial charge in [-0.2, -0.15) is 0 Å². The first kappa shape index (κ1) is 32.4. The quantitative estimate of drug-likeness (QED) is 0.214. The molecule has 1 aliphatic carbocycles. The Labute approximate surface area is 250 Å². The number of hydrogen-bond acceptors (Lipinski definition) is 0. The van der Waals surface area contributed by atoms with Crippen molar-refractivity contribution in [2.24, 2.45) is 0 Å².